The van der Waals surface area contributed by atoms with E-state index in [2.05, 4.69) is 63.9 Å². The molecule has 1 heterocycles. The summed E-state index contributed by atoms with van der Waals surface area (Å²) in [7, 11) is 0. The van der Waals surface area contributed by atoms with Crippen molar-refractivity contribution in [3.63, 3.8) is 0 Å². The first-order valence-corrected chi connectivity index (χ1v) is 8.48. The van der Waals surface area contributed by atoms with Gasteiger partial charge in [-0.1, -0.05) is 31.5 Å². The highest BCUT2D eigenvalue weighted by atomic mass is 35.5. The molecule has 0 aromatic heterocycles. The SMILES string of the molecule is CCNCc1cc2c(cc1Cl)N(C(C)C)C(C)(C)CC2C. The maximum Gasteiger partial charge on any atom is 0.0471 e. The van der Waals surface area contributed by atoms with E-state index in [1.807, 2.05) is 0 Å². The van der Waals surface area contributed by atoms with E-state index in [4.69, 9.17) is 11.6 Å². The summed E-state index contributed by atoms with van der Waals surface area (Å²) in [5.74, 6) is 0.572. The van der Waals surface area contributed by atoms with Crippen molar-refractivity contribution in [3.05, 3.63) is 28.3 Å². The van der Waals surface area contributed by atoms with Crippen LogP contribution in [0.1, 0.15) is 65.0 Å². The zero-order chi connectivity index (χ0) is 15.8. The summed E-state index contributed by atoms with van der Waals surface area (Å²) in [5, 5.41) is 4.26. The van der Waals surface area contributed by atoms with Crippen LogP contribution in [0.25, 0.3) is 0 Å². The van der Waals surface area contributed by atoms with Gasteiger partial charge in [0.2, 0.25) is 0 Å². The molecular weight excluding hydrogens is 280 g/mol. The third-order valence-electron chi connectivity index (χ3n) is 4.53. The molecule has 1 aromatic rings. The van der Waals surface area contributed by atoms with Crippen LogP contribution in [0.5, 0.6) is 0 Å². The van der Waals surface area contributed by atoms with Crippen molar-refractivity contribution in [2.75, 3.05) is 11.4 Å². The molecule has 0 saturated carbocycles. The minimum absolute atomic E-state index is 0.174. The van der Waals surface area contributed by atoms with Crippen LogP contribution < -0.4 is 10.2 Å². The number of nitrogens with one attached hydrogen (secondary N) is 1. The second kappa shape index (κ2) is 6.18. The van der Waals surface area contributed by atoms with Gasteiger partial charge in [-0.3, -0.25) is 0 Å². The van der Waals surface area contributed by atoms with Crippen LogP contribution in [0.4, 0.5) is 5.69 Å². The molecule has 1 unspecified atom stereocenters. The Bertz CT molecular complexity index is 508. The van der Waals surface area contributed by atoms with E-state index < -0.39 is 0 Å². The molecule has 1 aliphatic heterocycles. The molecule has 0 spiro atoms. The molecule has 0 aliphatic carbocycles. The van der Waals surface area contributed by atoms with E-state index >= 15 is 0 Å². The van der Waals surface area contributed by atoms with E-state index in [0.717, 1.165) is 18.1 Å². The van der Waals surface area contributed by atoms with Crippen molar-refractivity contribution in [2.45, 2.75) is 72.0 Å². The van der Waals surface area contributed by atoms with Gasteiger partial charge in [0.1, 0.15) is 0 Å². The molecule has 0 saturated heterocycles. The molecule has 2 rings (SSSR count). The second-order valence-electron chi connectivity index (χ2n) is 7.16. The Balaban J connectivity index is 2.50. The number of hydrogen-bond acceptors (Lipinski definition) is 2. The minimum Gasteiger partial charge on any atom is -0.364 e. The summed E-state index contributed by atoms with van der Waals surface area (Å²) in [5.41, 5.74) is 4.15. The summed E-state index contributed by atoms with van der Waals surface area (Å²) in [6, 6.07) is 4.97. The smallest absolute Gasteiger partial charge is 0.0471 e. The molecule has 1 aliphatic rings. The number of anilines is 1. The largest absolute Gasteiger partial charge is 0.364 e. The quantitative estimate of drug-likeness (QED) is 0.846. The first kappa shape index (κ1) is 16.6. The lowest BCUT2D eigenvalue weighted by atomic mass is 9.79. The average molecular weight is 309 g/mol. The first-order valence-electron chi connectivity index (χ1n) is 8.10. The monoisotopic (exact) mass is 308 g/mol. The molecule has 0 bridgehead atoms. The number of halogens is 1. The normalized spacial score (nSPS) is 20.8. The number of benzene rings is 1. The van der Waals surface area contributed by atoms with Crippen molar-refractivity contribution < 1.29 is 0 Å². The Labute approximate surface area is 134 Å². The molecule has 0 amide bonds. The number of rotatable bonds is 4. The topological polar surface area (TPSA) is 15.3 Å². The van der Waals surface area contributed by atoms with Crippen LogP contribution in [0, 0.1) is 0 Å². The van der Waals surface area contributed by atoms with Gasteiger partial charge in [-0.15, -0.1) is 0 Å². The fourth-order valence-corrected chi connectivity index (χ4v) is 4.11. The van der Waals surface area contributed by atoms with Crippen molar-refractivity contribution in [1.29, 1.82) is 0 Å². The molecular formula is C18H29ClN2. The van der Waals surface area contributed by atoms with Gasteiger partial charge in [0.05, 0.1) is 0 Å². The average Bonchev–Trinajstić information content (AvgIpc) is 2.35. The van der Waals surface area contributed by atoms with Crippen LogP contribution in [0.15, 0.2) is 12.1 Å². The molecule has 2 nitrogen and oxygen atoms in total. The van der Waals surface area contributed by atoms with Gasteiger partial charge < -0.3 is 10.2 Å². The molecule has 1 atom stereocenters. The van der Waals surface area contributed by atoms with E-state index in [-0.39, 0.29) is 5.54 Å². The maximum atomic E-state index is 6.54. The number of nitrogens with zero attached hydrogens (tertiary/aromatic N) is 1. The number of fused-ring (bicyclic) bond motifs is 1. The fourth-order valence-electron chi connectivity index (χ4n) is 3.89. The minimum atomic E-state index is 0.174. The highest BCUT2D eigenvalue weighted by Crippen LogP contribution is 2.46. The summed E-state index contributed by atoms with van der Waals surface area (Å²) >= 11 is 6.54. The third-order valence-corrected chi connectivity index (χ3v) is 4.88. The highest BCUT2D eigenvalue weighted by Gasteiger charge is 2.38. The predicted octanol–water partition coefficient (Wildman–Crippen LogP) is 4.95. The van der Waals surface area contributed by atoms with Crippen LogP contribution in [0.2, 0.25) is 5.02 Å². The van der Waals surface area contributed by atoms with E-state index in [0.29, 0.717) is 12.0 Å². The third kappa shape index (κ3) is 3.22. The Morgan fingerprint density at radius 3 is 2.62 bits per heavy atom. The van der Waals surface area contributed by atoms with Gasteiger partial charge in [-0.05, 0) is 63.8 Å². The molecule has 0 fully saturated rings. The van der Waals surface area contributed by atoms with Crippen molar-refractivity contribution in [3.8, 4) is 0 Å². The van der Waals surface area contributed by atoms with Crippen molar-refractivity contribution >= 4 is 17.3 Å². The van der Waals surface area contributed by atoms with Gasteiger partial charge in [-0.2, -0.15) is 0 Å². The van der Waals surface area contributed by atoms with Gasteiger partial charge in [0, 0.05) is 28.8 Å². The Kier molecular flexibility index (Phi) is 4.89. The maximum absolute atomic E-state index is 6.54. The van der Waals surface area contributed by atoms with Gasteiger partial charge >= 0.3 is 0 Å². The predicted molar refractivity (Wildman–Crippen MR) is 93.6 cm³/mol. The van der Waals surface area contributed by atoms with Gasteiger partial charge in [0.25, 0.3) is 0 Å². The Hall–Kier alpha value is -0.730. The summed E-state index contributed by atoms with van der Waals surface area (Å²) in [6.45, 7) is 15.5. The highest BCUT2D eigenvalue weighted by molar-refractivity contribution is 6.31. The molecule has 0 radical (unpaired) electrons. The van der Waals surface area contributed by atoms with E-state index in [9.17, 15) is 0 Å². The molecule has 3 heteroatoms. The lowest BCUT2D eigenvalue weighted by molar-refractivity contribution is 0.356. The van der Waals surface area contributed by atoms with Crippen molar-refractivity contribution in [1.82, 2.24) is 5.32 Å². The zero-order valence-electron chi connectivity index (χ0n) is 14.3. The zero-order valence-corrected chi connectivity index (χ0v) is 15.0. The lowest BCUT2D eigenvalue weighted by Gasteiger charge is -2.50. The van der Waals surface area contributed by atoms with Crippen LogP contribution in [0.3, 0.4) is 0 Å². The molecule has 1 aromatic carbocycles. The summed E-state index contributed by atoms with van der Waals surface area (Å²) in [6.07, 6.45) is 1.18. The van der Waals surface area contributed by atoms with Gasteiger partial charge in [-0.25, -0.2) is 0 Å². The van der Waals surface area contributed by atoms with Gasteiger partial charge in [0.15, 0.2) is 0 Å². The molecule has 1 N–H and O–H groups in total. The first-order chi connectivity index (χ1) is 9.77. The summed E-state index contributed by atoms with van der Waals surface area (Å²) < 4.78 is 0. The Morgan fingerprint density at radius 2 is 2.05 bits per heavy atom. The van der Waals surface area contributed by atoms with E-state index in [1.165, 1.54) is 23.2 Å². The second-order valence-corrected chi connectivity index (χ2v) is 7.57. The summed E-state index contributed by atoms with van der Waals surface area (Å²) in [4.78, 5) is 2.53. The van der Waals surface area contributed by atoms with Crippen LogP contribution in [-0.2, 0) is 6.54 Å². The lowest BCUT2D eigenvalue weighted by Crippen LogP contribution is -2.51. The molecule has 118 valence electrons. The number of hydrogen-bond donors (Lipinski definition) is 1. The van der Waals surface area contributed by atoms with Crippen molar-refractivity contribution in [2.24, 2.45) is 0 Å². The van der Waals surface area contributed by atoms with Crippen LogP contribution in [-0.4, -0.2) is 18.1 Å². The Morgan fingerprint density at radius 1 is 1.38 bits per heavy atom. The molecule has 21 heavy (non-hydrogen) atoms. The fraction of sp³-hybridized carbons (Fsp3) is 0.667. The standard InChI is InChI=1S/C18H29ClN2/c1-7-20-11-14-8-15-13(4)10-18(5,6)21(12(2)3)17(15)9-16(14)19/h8-9,12-13,20H,7,10-11H2,1-6H3. The van der Waals surface area contributed by atoms with Crippen LogP contribution >= 0.6 is 11.6 Å². The van der Waals surface area contributed by atoms with E-state index in [1.54, 1.807) is 0 Å².